The molecular weight excluding hydrogens is 132 g/mol. The second-order valence-corrected chi connectivity index (χ2v) is 4.03. The van der Waals surface area contributed by atoms with Crippen LogP contribution in [0.2, 0.25) is 0 Å². The zero-order valence-electron chi connectivity index (χ0n) is 7.38. The van der Waals surface area contributed by atoms with Crippen LogP contribution in [0.4, 0.5) is 0 Å². The highest BCUT2D eigenvalue weighted by Crippen LogP contribution is 2.43. The molecule has 0 radical (unpaired) electrons. The molecule has 0 N–H and O–H groups in total. The summed E-state index contributed by atoms with van der Waals surface area (Å²) < 4.78 is 0. The number of hydrogen-bond donors (Lipinski definition) is 0. The Labute approximate surface area is 69.0 Å². The highest BCUT2D eigenvalue weighted by Gasteiger charge is 2.32. The molecule has 2 aliphatic carbocycles. The van der Waals surface area contributed by atoms with Crippen LogP contribution < -0.4 is 0 Å². The first kappa shape index (κ1) is 7.15. The van der Waals surface area contributed by atoms with Gasteiger partial charge >= 0.3 is 0 Å². The van der Waals surface area contributed by atoms with Gasteiger partial charge in [0.25, 0.3) is 0 Å². The first-order chi connectivity index (χ1) is 5.29. The summed E-state index contributed by atoms with van der Waals surface area (Å²) in [7, 11) is 0. The Morgan fingerprint density at radius 2 is 2.18 bits per heavy atom. The van der Waals surface area contributed by atoms with Crippen LogP contribution in [0.25, 0.3) is 0 Å². The molecule has 3 atom stereocenters. The van der Waals surface area contributed by atoms with Crippen molar-refractivity contribution in [3.63, 3.8) is 0 Å². The third kappa shape index (κ3) is 1.05. The molecule has 0 aliphatic heterocycles. The Bertz CT molecular complexity index is 206. The van der Waals surface area contributed by atoms with Gasteiger partial charge in [0.1, 0.15) is 0 Å². The summed E-state index contributed by atoms with van der Waals surface area (Å²) >= 11 is 0. The van der Waals surface area contributed by atoms with Crippen molar-refractivity contribution >= 4 is 0 Å². The van der Waals surface area contributed by atoms with Crippen molar-refractivity contribution < 1.29 is 0 Å². The molecule has 0 nitrogen and oxygen atoms in total. The van der Waals surface area contributed by atoms with Crippen molar-refractivity contribution in [2.75, 3.05) is 0 Å². The fraction of sp³-hybridized carbons (Fsp3) is 0.636. The number of allylic oxidation sites excluding steroid dienone is 4. The molecule has 0 heterocycles. The molecule has 0 heteroatoms. The smallest absolute Gasteiger partial charge is 0.0160 e. The molecule has 2 aliphatic rings. The van der Waals surface area contributed by atoms with Crippen LogP contribution in [0.1, 0.15) is 26.7 Å². The lowest BCUT2D eigenvalue weighted by molar-refractivity contribution is 0.475. The molecule has 11 heavy (non-hydrogen) atoms. The van der Waals surface area contributed by atoms with Gasteiger partial charge in [0.15, 0.2) is 0 Å². The average Bonchev–Trinajstić information content (AvgIpc) is 2.30. The first-order valence-electron chi connectivity index (χ1n) is 4.65. The second kappa shape index (κ2) is 2.51. The Hall–Kier alpha value is -0.520. The maximum absolute atomic E-state index is 2.38. The van der Waals surface area contributed by atoms with Gasteiger partial charge in [-0.15, -0.1) is 0 Å². The number of rotatable bonds is 0. The number of fused-ring (bicyclic) bond motifs is 1. The lowest BCUT2D eigenvalue weighted by Gasteiger charge is -2.14. The minimum absolute atomic E-state index is 0.838. The Morgan fingerprint density at radius 3 is 2.91 bits per heavy atom. The standard InChI is InChI=1S/C11H16/c1-8-7-10-5-3-4-6-11(10)9(8)2/h3-4,6,8-10H,5,7H2,1-2H3. The van der Waals surface area contributed by atoms with E-state index in [2.05, 4.69) is 32.1 Å². The molecule has 0 aromatic heterocycles. The zero-order valence-corrected chi connectivity index (χ0v) is 7.38. The average molecular weight is 148 g/mol. The van der Waals surface area contributed by atoms with Crippen molar-refractivity contribution in [2.24, 2.45) is 17.8 Å². The van der Waals surface area contributed by atoms with Crippen molar-refractivity contribution in [3.8, 4) is 0 Å². The van der Waals surface area contributed by atoms with Gasteiger partial charge in [-0.25, -0.2) is 0 Å². The first-order valence-corrected chi connectivity index (χ1v) is 4.65. The molecular formula is C11H16. The van der Waals surface area contributed by atoms with E-state index in [9.17, 15) is 0 Å². The van der Waals surface area contributed by atoms with Crippen LogP contribution in [0.5, 0.6) is 0 Å². The van der Waals surface area contributed by atoms with Gasteiger partial charge in [0.2, 0.25) is 0 Å². The topological polar surface area (TPSA) is 0 Å². The third-order valence-electron chi connectivity index (χ3n) is 3.35. The molecule has 3 unspecified atom stereocenters. The number of hydrogen-bond acceptors (Lipinski definition) is 0. The van der Waals surface area contributed by atoms with E-state index < -0.39 is 0 Å². The largest absolute Gasteiger partial charge is 0.0839 e. The lowest BCUT2D eigenvalue weighted by atomic mass is 9.91. The van der Waals surface area contributed by atoms with Crippen LogP contribution in [0.3, 0.4) is 0 Å². The highest BCUT2D eigenvalue weighted by molar-refractivity contribution is 5.26. The maximum Gasteiger partial charge on any atom is -0.0160 e. The lowest BCUT2D eigenvalue weighted by Crippen LogP contribution is -2.02. The van der Waals surface area contributed by atoms with E-state index in [0.29, 0.717) is 0 Å². The summed E-state index contributed by atoms with van der Waals surface area (Å²) in [6.45, 7) is 4.75. The summed E-state index contributed by atoms with van der Waals surface area (Å²) in [5.74, 6) is 2.64. The van der Waals surface area contributed by atoms with E-state index in [0.717, 1.165) is 17.8 Å². The van der Waals surface area contributed by atoms with Crippen molar-refractivity contribution in [1.29, 1.82) is 0 Å². The van der Waals surface area contributed by atoms with E-state index in [1.807, 2.05) is 0 Å². The minimum Gasteiger partial charge on any atom is -0.0839 e. The Morgan fingerprint density at radius 1 is 1.36 bits per heavy atom. The molecule has 0 bridgehead atoms. The van der Waals surface area contributed by atoms with Crippen LogP contribution in [0.15, 0.2) is 23.8 Å². The van der Waals surface area contributed by atoms with Crippen LogP contribution in [0, 0.1) is 17.8 Å². The summed E-state index contributed by atoms with van der Waals surface area (Å²) in [6, 6.07) is 0. The summed E-state index contributed by atoms with van der Waals surface area (Å²) in [6.07, 6.45) is 9.57. The molecule has 1 saturated carbocycles. The van der Waals surface area contributed by atoms with Gasteiger partial charge in [-0.2, -0.15) is 0 Å². The highest BCUT2D eigenvalue weighted by atomic mass is 14.4. The van der Waals surface area contributed by atoms with E-state index in [4.69, 9.17) is 0 Å². The van der Waals surface area contributed by atoms with Crippen molar-refractivity contribution in [1.82, 2.24) is 0 Å². The van der Waals surface area contributed by atoms with E-state index in [-0.39, 0.29) is 0 Å². The Kier molecular flexibility index (Phi) is 1.63. The monoisotopic (exact) mass is 148 g/mol. The van der Waals surface area contributed by atoms with Gasteiger partial charge in [0, 0.05) is 0 Å². The summed E-state index contributed by atoms with van der Waals surface area (Å²) in [4.78, 5) is 0. The summed E-state index contributed by atoms with van der Waals surface area (Å²) in [5, 5.41) is 0. The van der Waals surface area contributed by atoms with Crippen LogP contribution >= 0.6 is 0 Å². The Balaban J connectivity index is 2.25. The minimum atomic E-state index is 0.838. The van der Waals surface area contributed by atoms with Crippen molar-refractivity contribution in [3.05, 3.63) is 23.8 Å². The molecule has 60 valence electrons. The SMILES string of the molecule is CC1CC2CC=CC=C2C1C. The quantitative estimate of drug-likeness (QED) is 0.495. The fourth-order valence-corrected chi connectivity index (χ4v) is 2.43. The van der Waals surface area contributed by atoms with Gasteiger partial charge in [-0.05, 0) is 30.6 Å². The predicted octanol–water partition coefficient (Wildman–Crippen LogP) is 3.16. The molecule has 0 saturated heterocycles. The van der Waals surface area contributed by atoms with Gasteiger partial charge < -0.3 is 0 Å². The van der Waals surface area contributed by atoms with Gasteiger partial charge in [-0.3, -0.25) is 0 Å². The normalized spacial score (nSPS) is 42.0. The van der Waals surface area contributed by atoms with Gasteiger partial charge in [-0.1, -0.05) is 37.6 Å². The zero-order chi connectivity index (χ0) is 7.84. The van der Waals surface area contributed by atoms with Crippen LogP contribution in [-0.4, -0.2) is 0 Å². The van der Waals surface area contributed by atoms with Gasteiger partial charge in [0.05, 0.1) is 0 Å². The third-order valence-corrected chi connectivity index (χ3v) is 3.35. The predicted molar refractivity (Wildman–Crippen MR) is 48.3 cm³/mol. The van der Waals surface area contributed by atoms with Crippen molar-refractivity contribution in [2.45, 2.75) is 26.7 Å². The summed E-state index contributed by atoms with van der Waals surface area (Å²) in [5.41, 5.74) is 1.71. The fourth-order valence-electron chi connectivity index (χ4n) is 2.43. The molecule has 0 spiro atoms. The van der Waals surface area contributed by atoms with Crippen LogP contribution in [-0.2, 0) is 0 Å². The second-order valence-electron chi connectivity index (χ2n) is 4.03. The maximum atomic E-state index is 2.38. The molecule has 1 fully saturated rings. The molecule has 0 aromatic rings. The molecule has 0 amide bonds. The molecule has 2 rings (SSSR count). The van der Waals surface area contributed by atoms with E-state index >= 15 is 0 Å². The molecule has 0 aromatic carbocycles. The van der Waals surface area contributed by atoms with E-state index in [1.165, 1.54) is 12.8 Å². The van der Waals surface area contributed by atoms with E-state index in [1.54, 1.807) is 5.57 Å².